The standard InChI is InChI=1S/C23H24F5NO3/c1-5-6-10-31-19-11-15(2)20(16(3)12-19)32-14-17-8-7-9-18(13-17)21(29-30-4)22(24,25)23(26,27)28/h5-9,11-13H,10,14H2,1-4H3/b6-5+,29-21-. The second-order valence-electron chi connectivity index (χ2n) is 6.95. The first kappa shape index (κ1) is 25.2. The Morgan fingerprint density at radius 3 is 2.22 bits per heavy atom. The summed E-state index contributed by atoms with van der Waals surface area (Å²) in [5.41, 5.74) is 0.0287. The number of alkyl halides is 5. The molecular weight excluding hydrogens is 433 g/mol. The van der Waals surface area contributed by atoms with Crippen molar-refractivity contribution in [1.82, 2.24) is 0 Å². The molecule has 0 saturated carbocycles. The molecule has 32 heavy (non-hydrogen) atoms. The van der Waals surface area contributed by atoms with Gasteiger partial charge in [-0.15, -0.1) is 0 Å². The van der Waals surface area contributed by atoms with Crippen LogP contribution in [0.25, 0.3) is 0 Å². The molecule has 0 radical (unpaired) electrons. The Labute approximate surface area is 183 Å². The van der Waals surface area contributed by atoms with Crippen LogP contribution >= 0.6 is 0 Å². The summed E-state index contributed by atoms with van der Waals surface area (Å²) in [4.78, 5) is 4.25. The maximum atomic E-state index is 13.9. The Morgan fingerprint density at radius 2 is 1.66 bits per heavy atom. The van der Waals surface area contributed by atoms with E-state index in [-0.39, 0.29) is 6.61 Å². The summed E-state index contributed by atoms with van der Waals surface area (Å²) in [6, 6.07) is 8.78. The van der Waals surface area contributed by atoms with Gasteiger partial charge in [-0.1, -0.05) is 35.5 Å². The molecule has 0 heterocycles. The monoisotopic (exact) mass is 457 g/mol. The molecule has 0 amide bonds. The van der Waals surface area contributed by atoms with Gasteiger partial charge in [-0.2, -0.15) is 22.0 Å². The van der Waals surface area contributed by atoms with Gasteiger partial charge in [0, 0.05) is 5.56 Å². The van der Waals surface area contributed by atoms with Crippen molar-refractivity contribution in [1.29, 1.82) is 0 Å². The molecule has 0 atom stereocenters. The fourth-order valence-corrected chi connectivity index (χ4v) is 2.94. The predicted octanol–water partition coefficient (Wildman–Crippen LogP) is 6.39. The van der Waals surface area contributed by atoms with Gasteiger partial charge in [-0.05, 0) is 55.7 Å². The third-order valence-electron chi connectivity index (χ3n) is 4.44. The molecule has 2 aromatic carbocycles. The number of allylic oxidation sites excluding steroid dienone is 1. The van der Waals surface area contributed by atoms with Crippen molar-refractivity contribution in [2.75, 3.05) is 13.7 Å². The average Bonchev–Trinajstić information content (AvgIpc) is 2.71. The Hall–Kier alpha value is -3.10. The van der Waals surface area contributed by atoms with Gasteiger partial charge in [-0.25, -0.2) is 0 Å². The number of hydrogen-bond acceptors (Lipinski definition) is 4. The number of hydrogen-bond donors (Lipinski definition) is 0. The first-order valence-corrected chi connectivity index (χ1v) is 9.64. The van der Waals surface area contributed by atoms with Crippen LogP contribution in [0.3, 0.4) is 0 Å². The Kier molecular flexibility index (Phi) is 8.24. The van der Waals surface area contributed by atoms with Crippen molar-refractivity contribution in [2.24, 2.45) is 5.16 Å². The lowest BCUT2D eigenvalue weighted by atomic mass is 10.0. The minimum absolute atomic E-state index is 0.0495. The number of halogens is 5. The van der Waals surface area contributed by atoms with E-state index in [9.17, 15) is 22.0 Å². The summed E-state index contributed by atoms with van der Waals surface area (Å²) in [7, 11) is 0.900. The van der Waals surface area contributed by atoms with E-state index in [2.05, 4.69) is 9.99 Å². The maximum Gasteiger partial charge on any atom is 0.459 e. The van der Waals surface area contributed by atoms with Gasteiger partial charge in [-0.3, -0.25) is 0 Å². The van der Waals surface area contributed by atoms with Gasteiger partial charge in [0.25, 0.3) is 0 Å². The second kappa shape index (κ2) is 10.5. The van der Waals surface area contributed by atoms with Gasteiger partial charge in [0.15, 0.2) is 5.71 Å². The number of nitrogens with zero attached hydrogens (tertiary/aromatic N) is 1. The number of ether oxygens (including phenoxy) is 2. The van der Waals surface area contributed by atoms with Crippen LogP contribution < -0.4 is 9.47 Å². The van der Waals surface area contributed by atoms with Gasteiger partial charge < -0.3 is 14.3 Å². The van der Waals surface area contributed by atoms with E-state index in [0.29, 0.717) is 23.7 Å². The minimum atomic E-state index is -5.82. The molecule has 0 N–H and O–H groups in total. The van der Waals surface area contributed by atoms with Crippen LogP contribution in [0.2, 0.25) is 0 Å². The quantitative estimate of drug-likeness (QED) is 0.190. The zero-order chi connectivity index (χ0) is 23.9. The molecule has 0 fully saturated rings. The number of oxime groups is 1. The molecular formula is C23H24F5NO3. The van der Waals surface area contributed by atoms with Crippen molar-refractivity contribution < 1.29 is 36.3 Å². The molecule has 0 unspecified atom stereocenters. The zero-order valence-corrected chi connectivity index (χ0v) is 18.1. The number of rotatable bonds is 9. The second-order valence-corrected chi connectivity index (χ2v) is 6.95. The first-order valence-electron chi connectivity index (χ1n) is 9.64. The minimum Gasteiger partial charge on any atom is -0.490 e. The SMILES string of the molecule is C/C=C/COc1cc(C)c(OCc2cccc(/C(=N/OC)C(F)(F)C(F)(F)F)c2)c(C)c1. The molecule has 4 nitrogen and oxygen atoms in total. The molecule has 0 aliphatic carbocycles. The molecule has 2 rings (SSSR count). The molecule has 0 saturated heterocycles. The average molecular weight is 457 g/mol. The van der Waals surface area contributed by atoms with E-state index < -0.39 is 23.4 Å². The normalized spacial score (nSPS) is 12.8. The summed E-state index contributed by atoms with van der Waals surface area (Å²) in [6.07, 6.45) is -2.08. The van der Waals surface area contributed by atoms with Crippen LogP contribution in [-0.2, 0) is 11.4 Å². The van der Waals surface area contributed by atoms with Gasteiger partial charge in [0.2, 0.25) is 0 Å². The highest BCUT2D eigenvalue weighted by Gasteiger charge is 2.62. The van der Waals surface area contributed by atoms with Crippen LogP contribution in [0.5, 0.6) is 11.5 Å². The molecule has 0 spiro atoms. The highest BCUT2D eigenvalue weighted by atomic mass is 19.4. The first-order chi connectivity index (χ1) is 15.0. The van der Waals surface area contributed by atoms with Crippen LogP contribution in [0.15, 0.2) is 53.7 Å². The lowest BCUT2D eigenvalue weighted by Crippen LogP contribution is -2.44. The lowest BCUT2D eigenvalue weighted by Gasteiger charge is -2.21. The smallest absolute Gasteiger partial charge is 0.459 e. The van der Waals surface area contributed by atoms with Gasteiger partial charge >= 0.3 is 12.1 Å². The fraction of sp³-hybridized carbons (Fsp3) is 0.348. The van der Waals surface area contributed by atoms with E-state index in [1.54, 1.807) is 18.2 Å². The summed E-state index contributed by atoms with van der Waals surface area (Å²) in [5.74, 6) is -3.94. The molecule has 0 bridgehead atoms. The van der Waals surface area contributed by atoms with Crippen LogP contribution in [0.4, 0.5) is 22.0 Å². The summed E-state index contributed by atoms with van der Waals surface area (Å²) >= 11 is 0. The summed E-state index contributed by atoms with van der Waals surface area (Å²) < 4.78 is 77.9. The third kappa shape index (κ3) is 5.99. The van der Waals surface area contributed by atoms with Gasteiger partial charge in [0.05, 0.1) is 0 Å². The van der Waals surface area contributed by atoms with E-state index in [1.807, 2.05) is 32.9 Å². The van der Waals surface area contributed by atoms with Crippen LogP contribution in [0.1, 0.15) is 29.2 Å². The van der Waals surface area contributed by atoms with Crippen LogP contribution in [0, 0.1) is 13.8 Å². The molecule has 2 aromatic rings. The van der Waals surface area contributed by atoms with Crippen molar-refractivity contribution in [3.63, 3.8) is 0 Å². The highest BCUT2D eigenvalue weighted by Crippen LogP contribution is 2.39. The molecule has 9 heteroatoms. The Bertz CT molecular complexity index is 961. The molecule has 174 valence electrons. The molecule has 0 aliphatic rings. The van der Waals surface area contributed by atoms with E-state index >= 15 is 0 Å². The van der Waals surface area contributed by atoms with E-state index in [1.165, 1.54) is 6.07 Å². The number of benzene rings is 2. The third-order valence-corrected chi connectivity index (χ3v) is 4.44. The maximum absolute atomic E-state index is 13.9. The van der Waals surface area contributed by atoms with E-state index in [4.69, 9.17) is 9.47 Å². The van der Waals surface area contributed by atoms with Crippen molar-refractivity contribution in [3.8, 4) is 11.5 Å². The molecule has 0 aromatic heterocycles. The predicted molar refractivity (Wildman–Crippen MR) is 112 cm³/mol. The summed E-state index contributed by atoms with van der Waals surface area (Å²) in [5, 5.41) is 2.95. The Balaban J connectivity index is 2.24. The topological polar surface area (TPSA) is 40.0 Å². The van der Waals surface area contributed by atoms with Crippen molar-refractivity contribution in [3.05, 3.63) is 70.8 Å². The largest absolute Gasteiger partial charge is 0.490 e. The van der Waals surface area contributed by atoms with E-state index in [0.717, 1.165) is 30.4 Å². The van der Waals surface area contributed by atoms with Crippen LogP contribution in [-0.4, -0.2) is 31.5 Å². The van der Waals surface area contributed by atoms with Gasteiger partial charge in [0.1, 0.15) is 31.8 Å². The van der Waals surface area contributed by atoms with Crippen molar-refractivity contribution in [2.45, 2.75) is 39.5 Å². The zero-order valence-electron chi connectivity index (χ0n) is 18.1. The Morgan fingerprint density at radius 1 is 1.00 bits per heavy atom. The van der Waals surface area contributed by atoms with Crippen molar-refractivity contribution >= 4 is 5.71 Å². The fourth-order valence-electron chi connectivity index (χ4n) is 2.94. The molecule has 0 aliphatic heterocycles. The summed E-state index contributed by atoms with van der Waals surface area (Å²) in [6.45, 7) is 5.92. The lowest BCUT2D eigenvalue weighted by molar-refractivity contribution is -0.249. The number of aryl methyl sites for hydroxylation is 2. The highest BCUT2D eigenvalue weighted by molar-refractivity contribution is 6.06.